The van der Waals surface area contributed by atoms with Gasteiger partial charge in [0, 0.05) is 32.2 Å². The van der Waals surface area contributed by atoms with Gasteiger partial charge in [-0.2, -0.15) is 4.98 Å². The van der Waals surface area contributed by atoms with Crippen LogP contribution in [0.3, 0.4) is 0 Å². The van der Waals surface area contributed by atoms with E-state index >= 15 is 0 Å². The minimum atomic E-state index is -0.436. The topological polar surface area (TPSA) is 161 Å². The smallest absolute Gasteiger partial charge is 0.407 e. The Morgan fingerprint density at radius 2 is 2.03 bits per heavy atom. The van der Waals surface area contributed by atoms with Crippen LogP contribution in [0.4, 0.5) is 27.9 Å². The first kappa shape index (κ1) is 27.7. The van der Waals surface area contributed by atoms with Crippen molar-refractivity contribution in [2.75, 3.05) is 35.7 Å². The minimum Gasteiger partial charge on any atom is -0.453 e. The average Bonchev–Trinajstić information content (AvgIpc) is 3.47. The van der Waals surface area contributed by atoms with Crippen molar-refractivity contribution in [2.24, 2.45) is 17.4 Å². The number of carbonyl (C=O) groups excluding carboxylic acids is 1. The van der Waals surface area contributed by atoms with Crippen LogP contribution in [0.25, 0.3) is 5.65 Å². The van der Waals surface area contributed by atoms with Gasteiger partial charge in [-0.15, -0.1) is 5.10 Å². The summed E-state index contributed by atoms with van der Waals surface area (Å²) in [6.07, 6.45) is 4.37. The molecule has 38 heavy (non-hydrogen) atoms. The summed E-state index contributed by atoms with van der Waals surface area (Å²) in [4.78, 5) is 23.2. The highest BCUT2D eigenvalue weighted by molar-refractivity contribution is 6.36. The fraction of sp³-hybridized carbons (Fsp3) is 0.520. The summed E-state index contributed by atoms with van der Waals surface area (Å²) in [5.74, 6) is 1.27. The first-order valence-corrected chi connectivity index (χ1v) is 12.9. The Bertz CT molecular complexity index is 1290. The Labute approximate surface area is 227 Å². The molecule has 2 atom stereocenters. The van der Waals surface area contributed by atoms with E-state index in [1.54, 1.807) is 10.7 Å². The number of alkyl carbamates (subject to hydrolysis) is 1. The van der Waals surface area contributed by atoms with Gasteiger partial charge in [0.05, 0.1) is 41.4 Å². The Morgan fingerprint density at radius 3 is 2.68 bits per heavy atom. The summed E-state index contributed by atoms with van der Waals surface area (Å²) in [5.41, 5.74) is 15.7. The number of benzene rings is 1. The van der Waals surface area contributed by atoms with Crippen molar-refractivity contribution in [3.8, 4) is 0 Å². The van der Waals surface area contributed by atoms with Crippen LogP contribution in [0.1, 0.15) is 44.9 Å². The van der Waals surface area contributed by atoms with Gasteiger partial charge in [-0.25, -0.2) is 14.3 Å². The summed E-state index contributed by atoms with van der Waals surface area (Å²) >= 11 is 6.96. The molecule has 1 aromatic carbocycles. The van der Waals surface area contributed by atoms with Gasteiger partial charge in [0.1, 0.15) is 0 Å². The van der Waals surface area contributed by atoms with Gasteiger partial charge in [0.15, 0.2) is 11.5 Å². The van der Waals surface area contributed by atoms with Crippen LogP contribution < -0.4 is 32.3 Å². The van der Waals surface area contributed by atoms with Crippen LogP contribution in [0.2, 0.25) is 5.02 Å². The summed E-state index contributed by atoms with van der Waals surface area (Å²) in [7, 11) is 1.37. The quantitative estimate of drug-likeness (QED) is 0.270. The van der Waals surface area contributed by atoms with Crippen molar-refractivity contribution < 1.29 is 9.53 Å². The van der Waals surface area contributed by atoms with Crippen LogP contribution in [-0.4, -0.2) is 58.0 Å². The fourth-order valence-electron chi connectivity index (χ4n) is 4.72. The lowest BCUT2D eigenvalue weighted by molar-refractivity contribution is 0.164. The normalized spacial score (nSPS) is 18.8. The number of ether oxygens (including phenoxy) is 1. The molecule has 0 unspecified atom stereocenters. The number of carbonyl (C=O) groups is 1. The molecule has 12 nitrogen and oxygen atoms in total. The molecule has 0 bridgehead atoms. The summed E-state index contributed by atoms with van der Waals surface area (Å²) in [6, 6.07) is 4.23. The van der Waals surface area contributed by atoms with Gasteiger partial charge in [0.25, 0.3) is 0 Å². The lowest BCUT2D eigenvalue weighted by Gasteiger charge is -2.23. The molecular formula is C25H37ClN10O2. The monoisotopic (exact) mass is 544 g/mol. The molecule has 1 saturated carbocycles. The Morgan fingerprint density at radius 1 is 1.24 bits per heavy atom. The number of hydrogen-bond donors (Lipinski definition) is 5. The maximum atomic E-state index is 11.9. The molecule has 0 radical (unpaired) electrons. The predicted octanol–water partition coefficient (Wildman–Crippen LogP) is 3.22. The number of amides is 1. The first-order chi connectivity index (χ1) is 17.9. The van der Waals surface area contributed by atoms with E-state index in [2.05, 4.69) is 37.9 Å². The molecule has 206 valence electrons. The Balaban J connectivity index is 0.00000336. The first-order valence-electron chi connectivity index (χ1n) is 12.5. The number of halogens is 1. The second kappa shape index (κ2) is 11.6. The zero-order valence-electron chi connectivity index (χ0n) is 21.0. The lowest BCUT2D eigenvalue weighted by Crippen LogP contribution is -2.40. The molecule has 13 heteroatoms. The van der Waals surface area contributed by atoms with E-state index in [0.717, 1.165) is 42.8 Å². The lowest BCUT2D eigenvalue weighted by atomic mass is 10.0. The van der Waals surface area contributed by atoms with E-state index in [-0.39, 0.29) is 19.4 Å². The third kappa shape index (κ3) is 5.57. The molecule has 2 aromatic heterocycles. The van der Waals surface area contributed by atoms with Crippen LogP contribution in [0, 0.1) is 5.92 Å². The van der Waals surface area contributed by atoms with Crippen LogP contribution in [0.5, 0.6) is 0 Å². The number of anilines is 4. The number of nitrogens with two attached hydrogens (primary N) is 2. The van der Waals surface area contributed by atoms with Crippen LogP contribution in [0.15, 0.2) is 18.3 Å². The number of nitrogens with one attached hydrogen (secondary N) is 3. The van der Waals surface area contributed by atoms with E-state index in [4.69, 9.17) is 32.8 Å². The molecule has 7 N–H and O–H groups in total. The fourth-order valence-corrected chi connectivity index (χ4v) is 5.00. The number of rotatable bonds is 9. The van der Waals surface area contributed by atoms with E-state index in [0.29, 0.717) is 53.8 Å². The molecule has 1 aliphatic heterocycles. The number of fused-ring (bicyclic) bond motifs is 1. The SMILES string of the molecule is C.CC[C@@H]1CN(c2cc(CN)cc(Nc3nc(NC4CC4)c4ncc(CN)n4n3)c2Cl)C[C@@H]1NC(=O)OC. The minimum absolute atomic E-state index is 0. The molecular weight excluding hydrogens is 508 g/mol. The van der Waals surface area contributed by atoms with Crippen molar-refractivity contribution in [1.29, 1.82) is 0 Å². The van der Waals surface area contributed by atoms with Gasteiger partial charge >= 0.3 is 6.09 Å². The predicted molar refractivity (Wildman–Crippen MR) is 150 cm³/mol. The Kier molecular flexibility index (Phi) is 8.44. The van der Waals surface area contributed by atoms with Gasteiger partial charge in [0.2, 0.25) is 5.95 Å². The summed E-state index contributed by atoms with van der Waals surface area (Å²) < 4.78 is 6.52. The largest absolute Gasteiger partial charge is 0.453 e. The molecule has 1 aliphatic carbocycles. The van der Waals surface area contributed by atoms with Crippen molar-refractivity contribution in [2.45, 2.75) is 58.8 Å². The van der Waals surface area contributed by atoms with Crippen LogP contribution in [-0.2, 0) is 17.8 Å². The van der Waals surface area contributed by atoms with E-state index in [9.17, 15) is 4.79 Å². The number of imidazole rings is 1. The third-order valence-electron chi connectivity index (χ3n) is 6.95. The van der Waals surface area contributed by atoms with Gasteiger partial charge in [-0.3, -0.25) is 0 Å². The zero-order chi connectivity index (χ0) is 26.1. The molecule has 2 aliphatic rings. The van der Waals surface area contributed by atoms with Crippen molar-refractivity contribution in [3.63, 3.8) is 0 Å². The maximum Gasteiger partial charge on any atom is 0.407 e. The molecule has 0 spiro atoms. The molecule has 5 rings (SSSR count). The van der Waals surface area contributed by atoms with Crippen molar-refractivity contribution in [3.05, 3.63) is 34.6 Å². The second-order valence-electron chi connectivity index (χ2n) is 9.51. The Hall–Kier alpha value is -3.35. The maximum absolute atomic E-state index is 11.9. The number of methoxy groups -OCH3 is 1. The molecule has 2 fully saturated rings. The molecule has 3 aromatic rings. The number of nitrogens with zero attached hydrogens (tertiary/aromatic N) is 5. The second-order valence-corrected chi connectivity index (χ2v) is 9.89. The van der Waals surface area contributed by atoms with Gasteiger partial charge in [-0.1, -0.05) is 26.0 Å². The van der Waals surface area contributed by atoms with E-state index in [1.165, 1.54) is 7.11 Å². The van der Waals surface area contributed by atoms with Gasteiger partial charge in [-0.05, 0) is 42.9 Å². The molecule has 1 saturated heterocycles. The molecule has 1 amide bonds. The third-order valence-corrected chi connectivity index (χ3v) is 7.35. The highest BCUT2D eigenvalue weighted by Gasteiger charge is 2.34. The summed E-state index contributed by atoms with van der Waals surface area (Å²) in [5, 5.41) is 14.8. The highest BCUT2D eigenvalue weighted by atomic mass is 35.5. The zero-order valence-corrected chi connectivity index (χ0v) is 21.8. The van der Waals surface area contributed by atoms with Crippen LogP contribution >= 0.6 is 11.6 Å². The number of aromatic nitrogens is 4. The van der Waals surface area contributed by atoms with Crippen molar-refractivity contribution in [1.82, 2.24) is 24.9 Å². The number of hydrogen-bond acceptors (Lipinski definition) is 10. The molecule has 3 heterocycles. The van der Waals surface area contributed by atoms with E-state index in [1.807, 2.05) is 12.1 Å². The highest BCUT2D eigenvalue weighted by Crippen LogP contribution is 2.39. The average molecular weight is 545 g/mol. The van der Waals surface area contributed by atoms with E-state index < -0.39 is 6.09 Å². The van der Waals surface area contributed by atoms with Crippen molar-refractivity contribution >= 4 is 46.5 Å². The standard InChI is InChI=1S/C24H33ClN10O2.CH4/c1-3-14-11-34(12-18(14)31-24(36)37-2)19-7-13(8-26)6-17(20(19)25)30-23-32-21(29-15-4-5-15)22-28-10-16(9-27)35(22)33-23;/h6-7,10,14-15,18H,3-5,8-9,11-12,26-27H2,1-2H3,(H,31,36)(H2,29,30,32,33);1H4/t14-,18+;/m1./s1. The van der Waals surface area contributed by atoms with Gasteiger partial charge < -0.3 is 37.1 Å². The summed E-state index contributed by atoms with van der Waals surface area (Å²) in [6.45, 7) is 4.08.